The second kappa shape index (κ2) is 6.33. The van der Waals surface area contributed by atoms with Gasteiger partial charge < -0.3 is 10.1 Å². The van der Waals surface area contributed by atoms with Gasteiger partial charge in [0.2, 0.25) is 5.88 Å². The molecule has 100 valence electrons. The number of aromatic nitrogens is 2. The van der Waals surface area contributed by atoms with Gasteiger partial charge in [-0.2, -0.15) is 0 Å². The Kier molecular flexibility index (Phi) is 4.52. The first-order valence-electron chi connectivity index (χ1n) is 5.88. The molecule has 2 aromatic rings. The molecule has 0 bridgehead atoms. The van der Waals surface area contributed by atoms with Crippen molar-refractivity contribution >= 4 is 17.4 Å². The lowest BCUT2D eigenvalue weighted by Crippen LogP contribution is -2.02. The molecule has 0 saturated carbocycles. The van der Waals surface area contributed by atoms with Gasteiger partial charge in [-0.3, -0.25) is 0 Å². The van der Waals surface area contributed by atoms with E-state index in [1.807, 2.05) is 6.92 Å². The highest BCUT2D eigenvalue weighted by molar-refractivity contribution is 6.30. The number of hydrogen-bond acceptors (Lipinski definition) is 4. The maximum atomic E-state index is 13.7. The summed E-state index contributed by atoms with van der Waals surface area (Å²) < 4.78 is 19.0. The minimum Gasteiger partial charge on any atom is -0.436 e. The largest absolute Gasteiger partial charge is 0.436 e. The average molecular weight is 282 g/mol. The highest BCUT2D eigenvalue weighted by Crippen LogP contribution is 2.28. The summed E-state index contributed by atoms with van der Waals surface area (Å²) in [6.07, 6.45) is 2.33. The van der Waals surface area contributed by atoms with Crippen LogP contribution < -0.4 is 10.1 Å². The van der Waals surface area contributed by atoms with E-state index >= 15 is 0 Å². The molecule has 2 rings (SSSR count). The van der Waals surface area contributed by atoms with Crippen molar-refractivity contribution < 1.29 is 9.13 Å². The van der Waals surface area contributed by atoms with Crippen LogP contribution in [0.4, 0.5) is 10.2 Å². The van der Waals surface area contributed by atoms with Crippen LogP contribution in [0.2, 0.25) is 5.02 Å². The van der Waals surface area contributed by atoms with Crippen molar-refractivity contribution in [1.82, 2.24) is 9.97 Å². The topological polar surface area (TPSA) is 47.0 Å². The molecule has 1 aromatic carbocycles. The van der Waals surface area contributed by atoms with Gasteiger partial charge in [-0.1, -0.05) is 24.6 Å². The molecule has 0 aliphatic carbocycles. The molecule has 0 saturated heterocycles. The molecule has 0 atom stereocenters. The summed E-state index contributed by atoms with van der Waals surface area (Å²) in [7, 11) is 0. The van der Waals surface area contributed by atoms with E-state index in [4.69, 9.17) is 16.3 Å². The Hall–Kier alpha value is -1.88. The van der Waals surface area contributed by atoms with Crippen LogP contribution in [-0.2, 0) is 0 Å². The summed E-state index contributed by atoms with van der Waals surface area (Å²) in [5, 5.41) is 3.11. The number of nitrogens with one attached hydrogen (secondary N) is 1. The van der Waals surface area contributed by atoms with Crippen LogP contribution in [0.25, 0.3) is 0 Å². The number of ether oxygens (including phenoxy) is 1. The molecule has 4 nitrogen and oxygen atoms in total. The normalized spacial score (nSPS) is 10.3. The molecule has 0 spiro atoms. The Labute approximate surface area is 115 Å². The Morgan fingerprint density at radius 1 is 1.37 bits per heavy atom. The Bertz CT molecular complexity index is 565. The predicted molar refractivity (Wildman–Crippen MR) is 72.3 cm³/mol. The second-order valence-electron chi connectivity index (χ2n) is 3.82. The van der Waals surface area contributed by atoms with Crippen molar-refractivity contribution in [1.29, 1.82) is 0 Å². The fourth-order valence-electron chi connectivity index (χ4n) is 1.42. The van der Waals surface area contributed by atoms with Crippen LogP contribution in [0.15, 0.2) is 30.6 Å². The van der Waals surface area contributed by atoms with Crippen LogP contribution in [0.1, 0.15) is 13.3 Å². The highest BCUT2D eigenvalue weighted by atomic mass is 35.5. The number of rotatable bonds is 5. The number of hydrogen-bond donors (Lipinski definition) is 1. The van der Waals surface area contributed by atoms with Crippen molar-refractivity contribution in [3.05, 3.63) is 41.4 Å². The third kappa shape index (κ3) is 3.54. The van der Waals surface area contributed by atoms with E-state index in [0.717, 1.165) is 13.0 Å². The SMILES string of the molecule is CCCNc1cc(Oc2cccc(Cl)c2F)ncn1. The lowest BCUT2D eigenvalue weighted by Gasteiger charge is -2.08. The van der Waals surface area contributed by atoms with Gasteiger partial charge in [-0.05, 0) is 18.6 Å². The van der Waals surface area contributed by atoms with E-state index in [0.29, 0.717) is 5.82 Å². The van der Waals surface area contributed by atoms with Gasteiger partial charge in [0, 0.05) is 12.6 Å². The maximum Gasteiger partial charge on any atom is 0.224 e. The first kappa shape index (κ1) is 13.5. The summed E-state index contributed by atoms with van der Waals surface area (Å²) in [5.41, 5.74) is 0. The van der Waals surface area contributed by atoms with Crippen molar-refractivity contribution in [3.63, 3.8) is 0 Å². The van der Waals surface area contributed by atoms with Crippen LogP contribution in [-0.4, -0.2) is 16.5 Å². The van der Waals surface area contributed by atoms with Gasteiger partial charge in [-0.15, -0.1) is 0 Å². The van der Waals surface area contributed by atoms with Crippen LogP contribution in [0.5, 0.6) is 11.6 Å². The number of nitrogens with zero attached hydrogens (tertiary/aromatic N) is 2. The lowest BCUT2D eigenvalue weighted by atomic mass is 10.3. The summed E-state index contributed by atoms with van der Waals surface area (Å²) in [4.78, 5) is 7.97. The fraction of sp³-hybridized carbons (Fsp3) is 0.231. The van der Waals surface area contributed by atoms with E-state index in [-0.39, 0.29) is 16.7 Å². The second-order valence-corrected chi connectivity index (χ2v) is 4.23. The molecule has 0 unspecified atom stereocenters. The lowest BCUT2D eigenvalue weighted by molar-refractivity contribution is 0.427. The first-order chi connectivity index (χ1) is 9.20. The third-order valence-electron chi connectivity index (χ3n) is 2.33. The summed E-state index contributed by atoms with van der Waals surface area (Å²) in [5.74, 6) is 0.322. The van der Waals surface area contributed by atoms with Crippen molar-refractivity contribution in [2.45, 2.75) is 13.3 Å². The molecular weight excluding hydrogens is 269 g/mol. The van der Waals surface area contributed by atoms with Gasteiger partial charge >= 0.3 is 0 Å². The van der Waals surface area contributed by atoms with E-state index < -0.39 is 5.82 Å². The zero-order chi connectivity index (χ0) is 13.7. The average Bonchev–Trinajstić information content (AvgIpc) is 2.42. The third-order valence-corrected chi connectivity index (χ3v) is 2.62. The van der Waals surface area contributed by atoms with Crippen LogP contribution in [0, 0.1) is 5.82 Å². The van der Waals surface area contributed by atoms with E-state index in [1.54, 1.807) is 12.1 Å². The quantitative estimate of drug-likeness (QED) is 0.903. The minimum atomic E-state index is -0.606. The number of halogens is 2. The van der Waals surface area contributed by atoms with E-state index in [1.165, 1.54) is 18.5 Å². The molecular formula is C13H13ClFN3O. The first-order valence-corrected chi connectivity index (χ1v) is 6.26. The van der Waals surface area contributed by atoms with E-state index in [9.17, 15) is 4.39 Å². The number of benzene rings is 1. The van der Waals surface area contributed by atoms with Gasteiger partial charge in [0.15, 0.2) is 11.6 Å². The van der Waals surface area contributed by atoms with Crippen LogP contribution in [0.3, 0.4) is 0 Å². The molecule has 19 heavy (non-hydrogen) atoms. The molecule has 0 aliphatic rings. The molecule has 0 fully saturated rings. The van der Waals surface area contributed by atoms with Crippen molar-refractivity contribution in [2.24, 2.45) is 0 Å². The van der Waals surface area contributed by atoms with Crippen molar-refractivity contribution in [2.75, 3.05) is 11.9 Å². The smallest absolute Gasteiger partial charge is 0.224 e. The zero-order valence-corrected chi connectivity index (χ0v) is 11.1. The summed E-state index contributed by atoms with van der Waals surface area (Å²) in [6, 6.07) is 6.16. The number of anilines is 1. The van der Waals surface area contributed by atoms with Gasteiger partial charge in [0.05, 0.1) is 5.02 Å². The molecule has 1 N–H and O–H groups in total. The zero-order valence-electron chi connectivity index (χ0n) is 10.4. The molecule has 0 aliphatic heterocycles. The summed E-state index contributed by atoms with van der Waals surface area (Å²) >= 11 is 5.68. The molecule has 0 amide bonds. The molecule has 0 radical (unpaired) electrons. The van der Waals surface area contributed by atoms with Gasteiger partial charge in [0.25, 0.3) is 0 Å². The van der Waals surface area contributed by atoms with Gasteiger partial charge in [-0.25, -0.2) is 14.4 Å². The van der Waals surface area contributed by atoms with Crippen LogP contribution >= 0.6 is 11.6 Å². The Morgan fingerprint density at radius 3 is 3.00 bits per heavy atom. The van der Waals surface area contributed by atoms with E-state index in [2.05, 4.69) is 15.3 Å². The van der Waals surface area contributed by atoms with Gasteiger partial charge in [0.1, 0.15) is 12.1 Å². The predicted octanol–water partition coefficient (Wildman–Crippen LogP) is 3.88. The Morgan fingerprint density at radius 2 is 2.21 bits per heavy atom. The summed E-state index contributed by atoms with van der Waals surface area (Å²) in [6.45, 7) is 2.84. The monoisotopic (exact) mass is 281 g/mol. The molecule has 6 heteroatoms. The Balaban J connectivity index is 2.16. The maximum absolute atomic E-state index is 13.7. The molecule has 1 heterocycles. The minimum absolute atomic E-state index is 0.0101. The standard InChI is InChI=1S/C13H13ClFN3O/c1-2-6-16-11-7-12(18-8-17-11)19-10-5-3-4-9(14)13(10)15/h3-5,7-8H,2,6H2,1H3,(H,16,17,18). The van der Waals surface area contributed by atoms with Crippen molar-refractivity contribution in [3.8, 4) is 11.6 Å². The highest BCUT2D eigenvalue weighted by Gasteiger charge is 2.09. The molecule has 1 aromatic heterocycles. The fourth-order valence-corrected chi connectivity index (χ4v) is 1.59.